The number of benzene rings is 1. The molecule has 0 saturated carbocycles. The molecular formula is C11H7Cl2FN2. The lowest BCUT2D eigenvalue weighted by molar-refractivity contribution is 0.626. The zero-order chi connectivity index (χ0) is 11.5. The Balaban J connectivity index is 2.20. The molecule has 0 spiro atoms. The van der Waals surface area contributed by atoms with Gasteiger partial charge in [0.15, 0.2) is 0 Å². The van der Waals surface area contributed by atoms with Gasteiger partial charge in [0.25, 0.3) is 0 Å². The van der Waals surface area contributed by atoms with E-state index in [1.165, 1.54) is 18.3 Å². The van der Waals surface area contributed by atoms with Crippen LogP contribution in [-0.4, -0.2) is 9.97 Å². The van der Waals surface area contributed by atoms with E-state index in [-0.39, 0.29) is 5.02 Å². The number of aromatic nitrogens is 2. The van der Waals surface area contributed by atoms with Crippen molar-refractivity contribution in [2.45, 2.75) is 6.42 Å². The molecule has 0 bridgehead atoms. The van der Waals surface area contributed by atoms with Crippen LogP contribution in [0.5, 0.6) is 0 Å². The second kappa shape index (κ2) is 4.76. The predicted molar refractivity (Wildman–Crippen MR) is 61.3 cm³/mol. The van der Waals surface area contributed by atoms with Crippen LogP contribution in [0.25, 0.3) is 0 Å². The van der Waals surface area contributed by atoms with Crippen LogP contribution >= 0.6 is 23.2 Å². The minimum Gasteiger partial charge on any atom is -0.256 e. The van der Waals surface area contributed by atoms with E-state index >= 15 is 0 Å². The van der Waals surface area contributed by atoms with Crippen LogP contribution in [0, 0.1) is 5.82 Å². The molecule has 82 valence electrons. The van der Waals surface area contributed by atoms with Gasteiger partial charge in [-0.2, -0.15) is 0 Å². The highest BCUT2D eigenvalue weighted by molar-refractivity contribution is 6.30. The summed E-state index contributed by atoms with van der Waals surface area (Å²) < 4.78 is 13.2. The largest absolute Gasteiger partial charge is 0.256 e. The monoisotopic (exact) mass is 256 g/mol. The van der Waals surface area contributed by atoms with Gasteiger partial charge in [0.05, 0.1) is 23.1 Å². The highest BCUT2D eigenvalue weighted by Gasteiger charge is 2.03. The number of hydrogen-bond acceptors (Lipinski definition) is 2. The summed E-state index contributed by atoms with van der Waals surface area (Å²) in [7, 11) is 0. The molecule has 0 saturated heterocycles. The van der Waals surface area contributed by atoms with Gasteiger partial charge in [0.1, 0.15) is 11.0 Å². The highest BCUT2D eigenvalue weighted by atomic mass is 35.5. The Bertz CT molecular complexity index is 500. The molecule has 16 heavy (non-hydrogen) atoms. The van der Waals surface area contributed by atoms with Crippen LogP contribution in [-0.2, 0) is 6.42 Å². The summed E-state index contributed by atoms with van der Waals surface area (Å²) in [6.07, 6.45) is 3.52. The molecule has 0 atom stereocenters. The lowest BCUT2D eigenvalue weighted by Gasteiger charge is -2.02. The Morgan fingerprint density at radius 2 is 1.94 bits per heavy atom. The Kier molecular flexibility index (Phi) is 3.36. The Labute approximate surface area is 102 Å². The molecule has 2 nitrogen and oxygen atoms in total. The first-order valence-electron chi connectivity index (χ1n) is 4.55. The number of hydrogen-bond donors (Lipinski definition) is 0. The molecule has 0 N–H and O–H groups in total. The lowest BCUT2D eigenvalue weighted by Crippen LogP contribution is -1.94. The van der Waals surface area contributed by atoms with Gasteiger partial charge in [-0.1, -0.05) is 29.3 Å². The second-order valence-electron chi connectivity index (χ2n) is 3.26. The van der Waals surface area contributed by atoms with Crippen molar-refractivity contribution in [2.24, 2.45) is 0 Å². The topological polar surface area (TPSA) is 25.8 Å². The molecule has 1 aromatic heterocycles. The van der Waals surface area contributed by atoms with Crippen molar-refractivity contribution >= 4 is 23.2 Å². The Morgan fingerprint density at radius 3 is 2.56 bits per heavy atom. The van der Waals surface area contributed by atoms with E-state index in [0.29, 0.717) is 11.6 Å². The summed E-state index contributed by atoms with van der Waals surface area (Å²) >= 11 is 11.2. The standard InChI is InChI=1S/C11H7Cl2FN2/c12-9-2-1-7(4-10(9)14)3-8-5-16-11(13)6-15-8/h1-2,4-6H,3H2. The zero-order valence-corrected chi connectivity index (χ0v) is 9.63. The van der Waals surface area contributed by atoms with Crippen molar-refractivity contribution in [3.05, 3.63) is 57.8 Å². The fourth-order valence-corrected chi connectivity index (χ4v) is 1.50. The van der Waals surface area contributed by atoms with E-state index in [1.807, 2.05) is 0 Å². The quantitative estimate of drug-likeness (QED) is 0.822. The van der Waals surface area contributed by atoms with Gasteiger partial charge in [-0.05, 0) is 17.7 Å². The number of rotatable bonds is 2. The highest BCUT2D eigenvalue weighted by Crippen LogP contribution is 2.17. The van der Waals surface area contributed by atoms with Gasteiger partial charge >= 0.3 is 0 Å². The van der Waals surface area contributed by atoms with E-state index in [2.05, 4.69) is 9.97 Å². The molecule has 5 heteroatoms. The Hall–Kier alpha value is -1.19. The maximum Gasteiger partial charge on any atom is 0.147 e. The van der Waals surface area contributed by atoms with E-state index < -0.39 is 5.82 Å². The summed E-state index contributed by atoms with van der Waals surface area (Å²) in [6, 6.07) is 4.66. The lowest BCUT2D eigenvalue weighted by atomic mass is 10.1. The molecule has 1 aromatic carbocycles. The van der Waals surface area contributed by atoms with Crippen molar-refractivity contribution in [2.75, 3.05) is 0 Å². The van der Waals surface area contributed by atoms with Crippen LogP contribution in [0.15, 0.2) is 30.6 Å². The molecule has 2 rings (SSSR count). The molecule has 2 aromatic rings. The minimum absolute atomic E-state index is 0.117. The maximum atomic E-state index is 13.2. The van der Waals surface area contributed by atoms with Crippen molar-refractivity contribution in [1.82, 2.24) is 9.97 Å². The maximum absolute atomic E-state index is 13.2. The predicted octanol–water partition coefficient (Wildman–Crippen LogP) is 3.51. The van der Waals surface area contributed by atoms with Crippen molar-refractivity contribution < 1.29 is 4.39 Å². The molecule has 0 aliphatic carbocycles. The normalized spacial score (nSPS) is 10.4. The molecule has 0 unspecified atom stereocenters. The summed E-state index contributed by atoms with van der Waals surface area (Å²) in [5.74, 6) is -0.430. The van der Waals surface area contributed by atoms with E-state index in [9.17, 15) is 4.39 Å². The van der Waals surface area contributed by atoms with Gasteiger partial charge in [-0.15, -0.1) is 0 Å². The smallest absolute Gasteiger partial charge is 0.147 e. The third-order valence-corrected chi connectivity index (χ3v) is 2.54. The van der Waals surface area contributed by atoms with Crippen molar-refractivity contribution in [3.8, 4) is 0 Å². The molecule has 0 amide bonds. The molecule has 0 aliphatic rings. The first kappa shape index (κ1) is 11.3. The first-order chi connectivity index (χ1) is 7.65. The van der Waals surface area contributed by atoms with Crippen LogP contribution < -0.4 is 0 Å². The average molecular weight is 257 g/mol. The van der Waals surface area contributed by atoms with Crippen molar-refractivity contribution in [1.29, 1.82) is 0 Å². The number of nitrogens with zero attached hydrogens (tertiary/aromatic N) is 2. The van der Waals surface area contributed by atoms with E-state index in [1.54, 1.807) is 12.3 Å². The summed E-state index contributed by atoms with van der Waals surface area (Å²) in [4.78, 5) is 7.97. The molecule has 0 aliphatic heterocycles. The molecular weight excluding hydrogens is 250 g/mol. The molecule has 0 radical (unpaired) electrons. The SMILES string of the molecule is Fc1cc(Cc2cnc(Cl)cn2)ccc1Cl. The van der Waals surface area contributed by atoms with Gasteiger partial charge in [0.2, 0.25) is 0 Å². The van der Waals surface area contributed by atoms with Gasteiger partial charge in [-0.3, -0.25) is 4.98 Å². The van der Waals surface area contributed by atoms with Gasteiger partial charge in [0, 0.05) is 6.42 Å². The Morgan fingerprint density at radius 1 is 1.12 bits per heavy atom. The van der Waals surface area contributed by atoms with Crippen molar-refractivity contribution in [3.63, 3.8) is 0 Å². The molecule has 1 heterocycles. The summed E-state index contributed by atoms with van der Waals surface area (Å²) in [5, 5.41) is 0.456. The number of halogens is 3. The first-order valence-corrected chi connectivity index (χ1v) is 5.31. The van der Waals surface area contributed by atoms with Gasteiger partial charge in [-0.25, -0.2) is 9.37 Å². The third-order valence-electron chi connectivity index (χ3n) is 2.04. The third kappa shape index (κ3) is 2.68. The van der Waals surface area contributed by atoms with E-state index in [0.717, 1.165) is 11.3 Å². The zero-order valence-electron chi connectivity index (χ0n) is 8.12. The van der Waals surface area contributed by atoms with Crippen LogP contribution in [0.3, 0.4) is 0 Å². The average Bonchev–Trinajstić information content (AvgIpc) is 2.27. The fourth-order valence-electron chi connectivity index (χ4n) is 1.29. The summed E-state index contributed by atoms with van der Waals surface area (Å²) in [5.41, 5.74) is 1.52. The van der Waals surface area contributed by atoms with Crippen LogP contribution in [0.4, 0.5) is 4.39 Å². The second-order valence-corrected chi connectivity index (χ2v) is 4.05. The summed E-state index contributed by atoms with van der Waals surface area (Å²) in [6.45, 7) is 0. The van der Waals surface area contributed by atoms with Gasteiger partial charge < -0.3 is 0 Å². The van der Waals surface area contributed by atoms with E-state index in [4.69, 9.17) is 23.2 Å². The molecule has 0 fully saturated rings. The van der Waals surface area contributed by atoms with Crippen LogP contribution in [0.1, 0.15) is 11.3 Å². The van der Waals surface area contributed by atoms with Crippen LogP contribution in [0.2, 0.25) is 10.2 Å². The fraction of sp³-hybridized carbons (Fsp3) is 0.0909. The minimum atomic E-state index is -0.430.